The minimum atomic E-state index is -0.491. The van der Waals surface area contributed by atoms with Gasteiger partial charge in [0, 0.05) is 19.3 Å². The van der Waals surface area contributed by atoms with Gasteiger partial charge in [0.1, 0.15) is 23.4 Å². The van der Waals surface area contributed by atoms with Crippen molar-refractivity contribution in [3.63, 3.8) is 0 Å². The highest BCUT2D eigenvalue weighted by Gasteiger charge is 2.09. The van der Waals surface area contributed by atoms with E-state index in [-0.39, 0.29) is 5.75 Å². The molecule has 0 spiro atoms. The lowest BCUT2D eigenvalue weighted by molar-refractivity contribution is 0.471. The third-order valence-corrected chi connectivity index (χ3v) is 2.87. The van der Waals surface area contributed by atoms with E-state index < -0.39 is 5.82 Å². The predicted octanol–water partition coefficient (Wildman–Crippen LogP) is 2.56. The highest BCUT2D eigenvalue weighted by molar-refractivity contribution is 5.88. The van der Waals surface area contributed by atoms with Gasteiger partial charge in [-0.25, -0.2) is 14.4 Å². The lowest BCUT2D eigenvalue weighted by Crippen LogP contribution is -1.98. The quantitative estimate of drug-likeness (QED) is 0.693. The number of aromatic hydroxyl groups is 1. The molecule has 0 aliphatic rings. The van der Waals surface area contributed by atoms with Gasteiger partial charge >= 0.3 is 0 Å². The van der Waals surface area contributed by atoms with Crippen molar-refractivity contribution in [2.45, 2.75) is 0 Å². The fourth-order valence-electron chi connectivity index (χ4n) is 1.95. The van der Waals surface area contributed by atoms with Gasteiger partial charge in [0.15, 0.2) is 5.82 Å². The molecule has 2 heterocycles. The summed E-state index contributed by atoms with van der Waals surface area (Å²) in [5, 5.41) is 12.7. The number of fused-ring (bicyclic) bond motifs is 1. The molecule has 5 nitrogen and oxygen atoms in total. The second kappa shape index (κ2) is 4.24. The van der Waals surface area contributed by atoms with Crippen molar-refractivity contribution in [1.82, 2.24) is 14.5 Å². The van der Waals surface area contributed by atoms with E-state index in [1.807, 2.05) is 23.9 Å². The summed E-state index contributed by atoms with van der Waals surface area (Å²) in [6.45, 7) is 0. The Morgan fingerprint density at radius 2 is 2.11 bits per heavy atom. The molecule has 0 aliphatic heterocycles. The molecular weight excluding hydrogens is 247 g/mol. The Labute approximate surface area is 108 Å². The van der Waals surface area contributed by atoms with Gasteiger partial charge in [-0.15, -0.1) is 0 Å². The van der Waals surface area contributed by atoms with Gasteiger partial charge < -0.3 is 15.0 Å². The molecule has 0 unspecified atom stereocenters. The first-order valence-corrected chi connectivity index (χ1v) is 5.67. The number of rotatable bonds is 2. The number of hydrogen-bond acceptors (Lipinski definition) is 4. The maximum atomic E-state index is 12.9. The number of benzene rings is 1. The first-order valence-electron chi connectivity index (χ1n) is 5.67. The molecule has 0 atom stereocenters. The maximum absolute atomic E-state index is 12.9. The van der Waals surface area contributed by atoms with Gasteiger partial charge in [-0.2, -0.15) is 0 Å². The molecule has 6 heteroatoms. The Balaban J connectivity index is 2.08. The minimum absolute atomic E-state index is 0.166. The predicted molar refractivity (Wildman–Crippen MR) is 69.9 cm³/mol. The summed E-state index contributed by atoms with van der Waals surface area (Å²) in [6.07, 6.45) is 3.31. The van der Waals surface area contributed by atoms with Crippen LogP contribution in [0.25, 0.3) is 11.0 Å². The van der Waals surface area contributed by atoms with Crippen LogP contribution in [-0.4, -0.2) is 19.6 Å². The number of nitrogens with one attached hydrogen (secondary N) is 1. The van der Waals surface area contributed by atoms with Crippen LogP contribution in [0.3, 0.4) is 0 Å². The van der Waals surface area contributed by atoms with Crippen LogP contribution in [-0.2, 0) is 7.05 Å². The molecule has 2 N–H and O–H groups in total. The molecule has 96 valence electrons. The van der Waals surface area contributed by atoms with Crippen LogP contribution in [0.2, 0.25) is 0 Å². The van der Waals surface area contributed by atoms with Gasteiger partial charge in [-0.3, -0.25) is 0 Å². The smallest absolute Gasteiger partial charge is 0.158 e. The van der Waals surface area contributed by atoms with Gasteiger partial charge in [-0.05, 0) is 18.2 Å². The SMILES string of the molecule is Cn1ccc2ncnc(Nc3ccc(F)cc3O)c21. The van der Waals surface area contributed by atoms with Gasteiger partial charge in [0.2, 0.25) is 0 Å². The summed E-state index contributed by atoms with van der Waals surface area (Å²) in [7, 11) is 1.88. The Kier molecular flexibility index (Phi) is 2.56. The van der Waals surface area contributed by atoms with E-state index in [0.717, 1.165) is 17.1 Å². The summed E-state index contributed by atoms with van der Waals surface area (Å²) >= 11 is 0. The Morgan fingerprint density at radius 3 is 2.89 bits per heavy atom. The van der Waals surface area contributed by atoms with Crippen molar-refractivity contribution >= 4 is 22.5 Å². The van der Waals surface area contributed by atoms with Crippen molar-refractivity contribution in [1.29, 1.82) is 0 Å². The maximum Gasteiger partial charge on any atom is 0.158 e. The van der Waals surface area contributed by atoms with Crippen LogP contribution in [0.4, 0.5) is 15.9 Å². The molecule has 0 saturated carbocycles. The standard InChI is InChI=1S/C13H11FN4O/c1-18-5-4-10-12(18)13(16-7-15-10)17-9-3-2-8(14)6-11(9)19/h2-7,19H,1H3,(H,15,16,17). The molecule has 3 aromatic rings. The summed E-state index contributed by atoms with van der Waals surface area (Å²) < 4.78 is 14.8. The Morgan fingerprint density at radius 1 is 1.26 bits per heavy atom. The van der Waals surface area contributed by atoms with Crippen LogP contribution < -0.4 is 5.32 Å². The van der Waals surface area contributed by atoms with Gasteiger partial charge in [0.25, 0.3) is 0 Å². The Hall–Kier alpha value is -2.63. The van der Waals surface area contributed by atoms with Crippen LogP contribution in [0.5, 0.6) is 5.75 Å². The monoisotopic (exact) mass is 258 g/mol. The number of hydrogen-bond donors (Lipinski definition) is 2. The molecule has 19 heavy (non-hydrogen) atoms. The second-order valence-electron chi connectivity index (χ2n) is 4.17. The highest BCUT2D eigenvalue weighted by Crippen LogP contribution is 2.29. The third-order valence-electron chi connectivity index (χ3n) is 2.87. The van der Waals surface area contributed by atoms with E-state index in [2.05, 4.69) is 15.3 Å². The average molecular weight is 258 g/mol. The number of phenols is 1. The molecule has 0 aliphatic carbocycles. The first kappa shape index (κ1) is 11.5. The van der Waals surface area contributed by atoms with Crippen LogP contribution >= 0.6 is 0 Å². The second-order valence-corrected chi connectivity index (χ2v) is 4.17. The van der Waals surface area contributed by atoms with E-state index in [1.165, 1.54) is 18.5 Å². The third kappa shape index (κ3) is 1.97. The van der Waals surface area contributed by atoms with E-state index in [9.17, 15) is 9.50 Å². The van der Waals surface area contributed by atoms with Crippen molar-refractivity contribution < 1.29 is 9.50 Å². The average Bonchev–Trinajstić information content (AvgIpc) is 2.76. The molecule has 0 bridgehead atoms. The van der Waals surface area contributed by atoms with Crippen molar-refractivity contribution in [3.05, 3.63) is 42.6 Å². The molecule has 0 radical (unpaired) electrons. The van der Waals surface area contributed by atoms with E-state index >= 15 is 0 Å². The molecular formula is C13H11FN4O. The molecule has 2 aromatic heterocycles. The molecule has 0 fully saturated rings. The fraction of sp³-hybridized carbons (Fsp3) is 0.0769. The van der Waals surface area contributed by atoms with E-state index in [1.54, 1.807) is 0 Å². The summed E-state index contributed by atoms with van der Waals surface area (Å²) in [4.78, 5) is 8.30. The topological polar surface area (TPSA) is 63.0 Å². The zero-order chi connectivity index (χ0) is 13.4. The number of aryl methyl sites for hydroxylation is 1. The lowest BCUT2D eigenvalue weighted by atomic mass is 10.3. The van der Waals surface area contributed by atoms with Crippen molar-refractivity contribution in [2.24, 2.45) is 7.05 Å². The van der Waals surface area contributed by atoms with Crippen LogP contribution in [0.1, 0.15) is 0 Å². The molecule has 3 rings (SSSR count). The molecule has 0 saturated heterocycles. The largest absolute Gasteiger partial charge is 0.506 e. The van der Waals surface area contributed by atoms with Crippen molar-refractivity contribution in [3.8, 4) is 5.75 Å². The first-order chi connectivity index (χ1) is 9.15. The number of nitrogens with zero attached hydrogens (tertiary/aromatic N) is 3. The zero-order valence-corrected chi connectivity index (χ0v) is 10.1. The van der Waals surface area contributed by atoms with Crippen LogP contribution in [0, 0.1) is 5.82 Å². The van der Waals surface area contributed by atoms with Crippen LogP contribution in [0.15, 0.2) is 36.8 Å². The summed E-state index contributed by atoms with van der Waals surface area (Å²) in [5.74, 6) is -0.102. The Bertz CT molecular complexity index is 753. The number of phenolic OH excluding ortho intramolecular Hbond substituents is 1. The minimum Gasteiger partial charge on any atom is -0.506 e. The normalized spacial score (nSPS) is 10.8. The summed E-state index contributed by atoms with van der Waals surface area (Å²) in [5.41, 5.74) is 2.00. The van der Waals surface area contributed by atoms with E-state index in [4.69, 9.17) is 0 Å². The van der Waals surface area contributed by atoms with E-state index in [0.29, 0.717) is 11.5 Å². The molecule has 1 aromatic carbocycles. The fourth-order valence-corrected chi connectivity index (χ4v) is 1.95. The number of halogens is 1. The van der Waals surface area contributed by atoms with Gasteiger partial charge in [0.05, 0.1) is 11.2 Å². The zero-order valence-electron chi connectivity index (χ0n) is 10.1. The summed E-state index contributed by atoms with van der Waals surface area (Å²) in [6, 6.07) is 5.64. The lowest BCUT2D eigenvalue weighted by Gasteiger charge is -2.09. The number of aromatic nitrogens is 3. The van der Waals surface area contributed by atoms with Crippen molar-refractivity contribution in [2.75, 3.05) is 5.32 Å². The number of anilines is 2. The van der Waals surface area contributed by atoms with Gasteiger partial charge in [-0.1, -0.05) is 0 Å². The highest BCUT2D eigenvalue weighted by atomic mass is 19.1. The molecule has 0 amide bonds.